The third-order valence-corrected chi connectivity index (χ3v) is 17.7. The van der Waals surface area contributed by atoms with E-state index >= 15 is 0 Å². The zero-order valence-corrected chi connectivity index (χ0v) is 37.8. The molecule has 10 heteroatoms. The van der Waals surface area contributed by atoms with Crippen molar-refractivity contribution in [3.63, 3.8) is 0 Å². The molecule has 316 valence electrons. The second-order valence-corrected chi connectivity index (χ2v) is 22.9. The summed E-state index contributed by atoms with van der Waals surface area (Å²) < 4.78 is 55.6. The number of benzene rings is 1. The molecule has 8 nitrogen and oxygen atoms in total. The first kappa shape index (κ1) is 42.1. The Bertz CT molecular complexity index is 1410. The second kappa shape index (κ2) is 17.8. The minimum Gasteiger partial charge on any atom is -0.497 e. The normalized spacial score (nSPS) is 40.9. The fourth-order valence-corrected chi connectivity index (χ4v) is 15.2. The first-order chi connectivity index (χ1) is 26.9. The van der Waals surface area contributed by atoms with Crippen LogP contribution >= 0.6 is 17.2 Å². The second-order valence-electron chi connectivity index (χ2n) is 20.7. The largest absolute Gasteiger partial charge is 0.497 e. The van der Waals surface area contributed by atoms with Crippen molar-refractivity contribution in [2.24, 2.45) is 35.0 Å². The molecule has 2 aliphatic heterocycles. The van der Waals surface area contributed by atoms with E-state index in [4.69, 9.17) is 36.6 Å². The summed E-state index contributed by atoms with van der Waals surface area (Å²) in [7, 11) is 0.453. The van der Waals surface area contributed by atoms with Gasteiger partial charge in [0.1, 0.15) is 11.5 Å². The standard InChI is InChI=1S/C46H74O8P2/c1-45(2,3)37-27-29(47-7)25-35(43(37)53-55-49-39-21-13-9-17-31(39)32-18-10-14-22-40(32)50-55)36-26-30(48-8)28-38(46(4,5)6)44(36)54-56-51-41-23-15-11-19-33(41)34-20-12-16-24-42(34)52-56/h25,27,30-34,36,38-42,44H,9-24,26,28H2,1-8H3. The Hall–Kier alpha value is -0.560. The molecule has 5 saturated carbocycles. The fraction of sp³-hybridized carbons (Fsp3) is 0.870. The van der Waals surface area contributed by atoms with Gasteiger partial charge in [0.2, 0.25) is 0 Å². The van der Waals surface area contributed by atoms with Crippen LogP contribution in [0, 0.1) is 35.0 Å². The summed E-state index contributed by atoms with van der Waals surface area (Å²) in [5.41, 5.74) is 1.92. The van der Waals surface area contributed by atoms with Gasteiger partial charge < -0.3 is 27.6 Å². The molecule has 0 spiro atoms. The third kappa shape index (κ3) is 9.05. The molecule has 2 heterocycles. The summed E-state index contributed by atoms with van der Waals surface area (Å²) in [6.45, 7) is 13.9. The monoisotopic (exact) mass is 816 g/mol. The number of hydrogen-bond donors (Lipinski definition) is 0. The smallest absolute Gasteiger partial charge is 0.397 e. The van der Waals surface area contributed by atoms with Crippen LogP contribution in [-0.4, -0.2) is 50.8 Å². The molecule has 8 rings (SSSR count). The van der Waals surface area contributed by atoms with Crippen LogP contribution < -0.4 is 9.26 Å². The van der Waals surface area contributed by atoms with Crippen molar-refractivity contribution in [1.29, 1.82) is 0 Å². The first-order valence-corrected chi connectivity index (χ1v) is 25.0. The van der Waals surface area contributed by atoms with E-state index in [0.717, 1.165) is 61.2 Å². The van der Waals surface area contributed by atoms with Gasteiger partial charge in [0, 0.05) is 24.2 Å². The quantitative estimate of drug-likeness (QED) is 0.252. The molecule has 56 heavy (non-hydrogen) atoms. The van der Waals surface area contributed by atoms with E-state index in [0.29, 0.717) is 23.7 Å². The Balaban J connectivity index is 1.19. The summed E-state index contributed by atoms with van der Waals surface area (Å²) in [5.74, 6) is 4.11. The van der Waals surface area contributed by atoms with Crippen LogP contribution in [-0.2, 0) is 32.8 Å². The Morgan fingerprint density at radius 2 is 1.05 bits per heavy atom. The van der Waals surface area contributed by atoms with E-state index in [-0.39, 0.29) is 59.3 Å². The van der Waals surface area contributed by atoms with Gasteiger partial charge in [0.05, 0.1) is 43.7 Å². The van der Waals surface area contributed by atoms with E-state index in [9.17, 15) is 0 Å². The van der Waals surface area contributed by atoms with Crippen LogP contribution in [0.1, 0.15) is 174 Å². The predicted molar refractivity (Wildman–Crippen MR) is 224 cm³/mol. The van der Waals surface area contributed by atoms with Crippen LogP contribution in [0.3, 0.4) is 0 Å². The van der Waals surface area contributed by atoms with Gasteiger partial charge in [-0.1, -0.05) is 92.9 Å². The molecule has 2 saturated heterocycles. The maximum absolute atomic E-state index is 7.53. The maximum atomic E-state index is 7.53. The Labute approximate surface area is 341 Å². The molecule has 1 aromatic rings. The highest BCUT2D eigenvalue weighted by atomic mass is 31.2. The number of rotatable bonds is 7. The zero-order chi connectivity index (χ0) is 39.2. The van der Waals surface area contributed by atoms with E-state index in [1.54, 1.807) is 7.11 Å². The maximum Gasteiger partial charge on any atom is 0.397 e. The molecule has 0 amide bonds. The Kier molecular flexibility index (Phi) is 13.4. The van der Waals surface area contributed by atoms with Gasteiger partial charge in [0.15, 0.2) is 0 Å². The van der Waals surface area contributed by atoms with Gasteiger partial charge in [-0.05, 0) is 117 Å². The van der Waals surface area contributed by atoms with Crippen molar-refractivity contribution in [2.45, 2.75) is 205 Å². The van der Waals surface area contributed by atoms with Crippen LogP contribution in [0.25, 0.3) is 0 Å². The predicted octanol–water partition coefficient (Wildman–Crippen LogP) is 13.1. The lowest BCUT2D eigenvalue weighted by molar-refractivity contribution is -0.0636. The lowest BCUT2D eigenvalue weighted by Crippen LogP contribution is -2.45. The fourth-order valence-electron chi connectivity index (χ4n) is 12.1. The van der Waals surface area contributed by atoms with Gasteiger partial charge >= 0.3 is 17.2 Å². The topological polar surface area (TPSA) is 73.8 Å². The molecule has 1 aromatic carbocycles. The van der Waals surface area contributed by atoms with Crippen molar-refractivity contribution in [1.82, 2.24) is 0 Å². The summed E-state index contributed by atoms with van der Waals surface area (Å²) in [6.07, 6.45) is 21.9. The molecule has 12 atom stereocenters. The average molecular weight is 817 g/mol. The summed E-state index contributed by atoms with van der Waals surface area (Å²) in [5, 5.41) is 0. The minimum absolute atomic E-state index is 0.0572. The summed E-state index contributed by atoms with van der Waals surface area (Å²) >= 11 is 0. The van der Waals surface area contributed by atoms with Crippen LogP contribution in [0.15, 0.2) is 12.1 Å². The van der Waals surface area contributed by atoms with E-state index in [1.165, 1.54) is 77.0 Å². The highest BCUT2D eigenvalue weighted by Gasteiger charge is 2.52. The first-order valence-electron chi connectivity index (χ1n) is 22.8. The van der Waals surface area contributed by atoms with Crippen molar-refractivity contribution >= 4 is 17.2 Å². The molecule has 12 unspecified atom stereocenters. The van der Waals surface area contributed by atoms with Gasteiger partial charge in [-0.2, -0.15) is 0 Å². The number of fused-ring (bicyclic) bond motifs is 6. The number of hydrogen-bond acceptors (Lipinski definition) is 8. The van der Waals surface area contributed by atoms with Crippen LogP contribution in [0.5, 0.6) is 11.5 Å². The molecule has 0 radical (unpaired) electrons. The molecule has 7 aliphatic rings. The van der Waals surface area contributed by atoms with E-state index < -0.39 is 17.2 Å². The van der Waals surface area contributed by atoms with Gasteiger partial charge in [-0.25, -0.2) is 0 Å². The highest BCUT2D eigenvalue weighted by molar-refractivity contribution is 7.42. The van der Waals surface area contributed by atoms with Crippen LogP contribution in [0.4, 0.5) is 0 Å². The Morgan fingerprint density at radius 3 is 1.48 bits per heavy atom. The lowest BCUT2D eigenvalue weighted by Gasteiger charge is -2.48. The van der Waals surface area contributed by atoms with Crippen molar-refractivity contribution in [3.05, 3.63) is 23.3 Å². The molecule has 0 bridgehead atoms. The lowest BCUT2D eigenvalue weighted by atomic mass is 9.64. The van der Waals surface area contributed by atoms with E-state index in [1.807, 2.05) is 7.11 Å². The zero-order valence-electron chi connectivity index (χ0n) is 36.0. The highest BCUT2D eigenvalue weighted by Crippen LogP contribution is 2.62. The minimum atomic E-state index is -1.63. The van der Waals surface area contributed by atoms with Crippen LogP contribution in [0.2, 0.25) is 0 Å². The SMILES string of the molecule is COc1cc(C2CC(OC)CC(C(C)(C)C)C2OP2OC3CCCCC3C3CCCCC3O2)c(OP2OC3CCCCC3C3CCCCC3O2)c(C(C)(C)C)c1. The molecular formula is C46H74O8P2. The molecule has 0 N–H and O–H groups in total. The molecule has 5 aliphatic carbocycles. The van der Waals surface area contributed by atoms with Crippen molar-refractivity contribution < 1.29 is 36.6 Å². The summed E-state index contributed by atoms with van der Waals surface area (Å²) in [4.78, 5) is 0. The van der Waals surface area contributed by atoms with Gasteiger partial charge in [0.25, 0.3) is 0 Å². The summed E-state index contributed by atoms with van der Waals surface area (Å²) in [6, 6.07) is 4.40. The Morgan fingerprint density at radius 1 is 0.589 bits per heavy atom. The molecular weight excluding hydrogens is 742 g/mol. The third-order valence-electron chi connectivity index (χ3n) is 15.2. The van der Waals surface area contributed by atoms with Crippen molar-refractivity contribution in [2.75, 3.05) is 14.2 Å². The number of methoxy groups -OCH3 is 2. The molecule has 7 fully saturated rings. The average Bonchev–Trinajstić information content (AvgIpc) is 3.44. The van der Waals surface area contributed by atoms with Gasteiger partial charge in [-0.3, -0.25) is 9.05 Å². The van der Waals surface area contributed by atoms with Crippen molar-refractivity contribution in [3.8, 4) is 11.5 Å². The van der Waals surface area contributed by atoms with Gasteiger partial charge in [-0.15, -0.1) is 0 Å². The number of ether oxygens (including phenoxy) is 2. The van der Waals surface area contributed by atoms with E-state index in [2.05, 4.69) is 53.7 Å². The molecule has 0 aromatic heterocycles.